The number of aromatic carboxylic acids is 1. The predicted octanol–water partition coefficient (Wildman–Crippen LogP) is 0.303. The van der Waals surface area contributed by atoms with E-state index in [2.05, 4.69) is 20.2 Å². The SMILES string of the molecule is O=C(O)c1ccncc1Oc1cc2n[nH]c(=O)n2cn1. The van der Waals surface area contributed by atoms with Crippen molar-refractivity contribution in [1.82, 2.24) is 24.6 Å². The Labute approximate surface area is 110 Å². The average Bonchev–Trinajstić information content (AvgIpc) is 2.80. The number of carboxylic acid groups (broad SMARTS) is 1. The molecule has 0 aliphatic rings. The van der Waals surface area contributed by atoms with Gasteiger partial charge in [0.2, 0.25) is 5.88 Å². The van der Waals surface area contributed by atoms with Crippen LogP contribution in [-0.4, -0.2) is 35.6 Å². The molecule has 0 bridgehead atoms. The van der Waals surface area contributed by atoms with Crippen LogP contribution >= 0.6 is 0 Å². The summed E-state index contributed by atoms with van der Waals surface area (Å²) in [5.74, 6) is -0.985. The van der Waals surface area contributed by atoms with E-state index in [1.807, 2.05) is 0 Å². The molecule has 20 heavy (non-hydrogen) atoms. The van der Waals surface area contributed by atoms with Crippen molar-refractivity contribution in [3.8, 4) is 11.6 Å². The zero-order valence-electron chi connectivity index (χ0n) is 9.85. The summed E-state index contributed by atoms with van der Waals surface area (Å²) in [6.07, 6.45) is 3.85. The lowest BCUT2D eigenvalue weighted by atomic mass is 10.2. The molecule has 0 aliphatic carbocycles. The predicted molar refractivity (Wildman–Crippen MR) is 64.9 cm³/mol. The first-order valence-corrected chi connectivity index (χ1v) is 5.43. The van der Waals surface area contributed by atoms with Crippen LogP contribution in [0.1, 0.15) is 10.4 Å². The number of carboxylic acids is 1. The van der Waals surface area contributed by atoms with Crippen molar-refractivity contribution in [1.29, 1.82) is 0 Å². The molecule has 0 aromatic carbocycles. The van der Waals surface area contributed by atoms with Gasteiger partial charge in [-0.25, -0.2) is 24.1 Å². The molecule has 3 aromatic heterocycles. The van der Waals surface area contributed by atoms with E-state index in [1.165, 1.54) is 35.3 Å². The third-order valence-electron chi connectivity index (χ3n) is 2.51. The van der Waals surface area contributed by atoms with Gasteiger partial charge in [-0.1, -0.05) is 0 Å². The first-order valence-electron chi connectivity index (χ1n) is 5.43. The molecule has 100 valence electrons. The number of nitrogens with one attached hydrogen (secondary N) is 1. The van der Waals surface area contributed by atoms with Gasteiger partial charge < -0.3 is 9.84 Å². The molecular weight excluding hydrogens is 266 g/mol. The van der Waals surface area contributed by atoms with Crippen LogP contribution in [0.2, 0.25) is 0 Å². The van der Waals surface area contributed by atoms with Crippen LogP contribution in [0.15, 0.2) is 35.6 Å². The molecule has 0 amide bonds. The fourth-order valence-electron chi connectivity index (χ4n) is 1.60. The number of hydrogen-bond donors (Lipinski definition) is 2. The van der Waals surface area contributed by atoms with Gasteiger partial charge >= 0.3 is 11.7 Å². The van der Waals surface area contributed by atoms with Crippen LogP contribution in [0.3, 0.4) is 0 Å². The number of hydrogen-bond acceptors (Lipinski definition) is 6. The maximum atomic E-state index is 11.3. The largest absolute Gasteiger partial charge is 0.478 e. The van der Waals surface area contributed by atoms with E-state index in [0.29, 0.717) is 5.65 Å². The van der Waals surface area contributed by atoms with Gasteiger partial charge in [-0.15, -0.1) is 0 Å². The van der Waals surface area contributed by atoms with Gasteiger partial charge in [0, 0.05) is 12.3 Å². The quantitative estimate of drug-likeness (QED) is 0.703. The second kappa shape index (κ2) is 4.46. The number of aromatic nitrogens is 5. The van der Waals surface area contributed by atoms with Gasteiger partial charge in [0.1, 0.15) is 11.9 Å². The number of rotatable bonds is 3. The van der Waals surface area contributed by atoms with Crippen molar-refractivity contribution in [3.63, 3.8) is 0 Å². The number of pyridine rings is 1. The molecule has 3 heterocycles. The number of nitrogens with zero attached hydrogens (tertiary/aromatic N) is 4. The van der Waals surface area contributed by atoms with Gasteiger partial charge in [0.05, 0.1) is 6.20 Å². The summed E-state index contributed by atoms with van der Waals surface area (Å²) < 4.78 is 6.55. The van der Waals surface area contributed by atoms with Crippen LogP contribution in [-0.2, 0) is 0 Å². The molecule has 9 nitrogen and oxygen atoms in total. The second-order valence-corrected chi connectivity index (χ2v) is 3.76. The van der Waals surface area contributed by atoms with E-state index in [9.17, 15) is 9.59 Å². The maximum absolute atomic E-state index is 11.3. The topological polar surface area (TPSA) is 122 Å². The van der Waals surface area contributed by atoms with Crippen molar-refractivity contribution in [2.75, 3.05) is 0 Å². The summed E-state index contributed by atoms with van der Waals surface area (Å²) in [4.78, 5) is 30.0. The summed E-state index contributed by atoms with van der Waals surface area (Å²) in [6, 6.07) is 2.71. The van der Waals surface area contributed by atoms with Crippen LogP contribution in [0.5, 0.6) is 11.6 Å². The third kappa shape index (κ3) is 1.96. The van der Waals surface area contributed by atoms with Crippen molar-refractivity contribution < 1.29 is 14.6 Å². The van der Waals surface area contributed by atoms with Gasteiger partial charge in [-0.2, -0.15) is 5.10 Å². The number of ether oxygens (including phenoxy) is 1. The Morgan fingerprint density at radius 2 is 2.30 bits per heavy atom. The monoisotopic (exact) mass is 273 g/mol. The molecule has 0 aliphatic heterocycles. The van der Waals surface area contributed by atoms with Gasteiger partial charge in [-0.3, -0.25) is 4.98 Å². The lowest BCUT2D eigenvalue weighted by Crippen LogP contribution is -2.09. The standard InChI is InChI=1S/C11H7N5O4/c17-10(18)6-1-2-12-4-7(6)20-9-3-8-14-15-11(19)16(8)5-13-9/h1-5H,(H,15,19)(H,17,18). The minimum Gasteiger partial charge on any atom is -0.478 e. The third-order valence-corrected chi connectivity index (χ3v) is 2.51. The zero-order valence-corrected chi connectivity index (χ0v) is 9.85. The van der Waals surface area contributed by atoms with Gasteiger partial charge in [0.25, 0.3) is 0 Å². The molecule has 3 aromatic rings. The number of aromatic amines is 1. The van der Waals surface area contributed by atoms with E-state index in [0.717, 1.165) is 0 Å². The average molecular weight is 273 g/mol. The highest BCUT2D eigenvalue weighted by Crippen LogP contribution is 2.22. The van der Waals surface area contributed by atoms with Crippen molar-refractivity contribution >= 4 is 11.6 Å². The molecule has 0 fully saturated rings. The molecule has 3 rings (SSSR count). The Hall–Kier alpha value is -3.23. The number of H-pyrrole nitrogens is 1. The fourth-order valence-corrected chi connectivity index (χ4v) is 1.60. The van der Waals surface area contributed by atoms with Crippen LogP contribution in [0.4, 0.5) is 0 Å². The highest BCUT2D eigenvalue weighted by molar-refractivity contribution is 5.90. The maximum Gasteiger partial charge on any atom is 0.348 e. The molecule has 0 unspecified atom stereocenters. The van der Waals surface area contributed by atoms with Gasteiger partial charge in [0.15, 0.2) is 11.4 Å². The van der Waals surface area contributed by atoms with Crippen molar-refractivity contribution in [2.45, 2.75) is 0 Å². The summed E-state index contributed by atoms with van der Waals surface area (Å²) in [7, 11) is 0. The van der Waals surface area contributed by atoms with Crippen LogP contribution in [0, 0.1) is 0 Å². The number of carbonyl (C=O) groups is 1. The minimum atomic E-state index is -1.14. The second-order valence-electron chi connectivity index (χ2n) is 3.76. The summed E-state index contributed by atoms with van der Waals surface area (Å²) in [6.45, 7) is 0. The molecule has 9 heteroatoms. The molecule has 2 N–H and O–H groups in total. The van der Waals surface area contributed by atoms with E-state index in [-0.39, 0.29) is 17.2 Å². The minimum absolute atomic E-state index is 0.0407. The summed E-state index contributed by atoms with van der Waals surface area (Å²) in [5.41, 5.74) is -0.159. The first kappa shape index (κ1) is 11.8. The van der Waals surface area contributed by atoms with E-state index in [4.69, 9.17) is 9.84 Å². The molecular formula is C11H7N5O4. The Morgan fingerprint density at radius 3 is 3.10 bits per heavy atom. The number of fused-ring (bicyclic) bond motifs is 1. The van der Waals surface area contributed by atoms with Crippen LogP contribution in [0.25, 0.3) is 5.65 Å². The Balaban J connectivity index is 2.01. The summed E-state index contributed by atoms with van der Waals surface area (Å²) in [5, 5.41) is 15.0. The van der Waals surface area contributed by atoms with Crippen LogP contribution < -0.4 is 10.4 Å². The normalized spacial score (nSPS) is 10.6. The molecule has 0 radical (unpaired) electrons. The molecule has 0 saturated heterocycles. The highest BCUT2D eigenvalue weighted by atomic mass is 16.5. The Morgan fingerprint density at radius 1 is 1.45 bits per heavy atom. The van der Waals surface area contributed by atoms with Crippen molar-refractivity contribution in [3.05, 3.63) is 46.9 Å². The van der Waals surface area contributed by atoms with E-state index >= 15 is 0 Å². The summed E-state index contributed by atoms with van der Waals surface area (Å²) >= 11 is 0. The lowest BCUT2D eigenvalue weighted by Gasteiger charge is -2.06. The van der Waals surface area contributed by atoms with E-state index < -0.39 is 11.7 Å². The Bertz CT molecular complexity index is 853. The fraction of sp³-hybridized carbons (Fsp3) is 0. The van der Waals surface area contributed by atoms with E-state index in [1.54, 1.807) is 0 Å². The molecule has 0 saturated carbocycles. The van der Waals surface area contributed by atoms with Gasteiger partial charge in [-0.05, 0) is 6.07 Å². The molecule has 0 atom stereocenters. The van der Waals surface area contributed by atoms with Crippen molar-refractivity contribution in [2.24, 2.45) is 0 Å². The first-order chi connectivity index (χ1) is 9.65. The molecule has 0 spiro atoms. The lowest BCUT2D eigenvalue weighted by molar-refractivity contribution is 0.0694. The zero-order chi connectivity index (χ0) is 14.1. The smallest absolute Gasteiger partial charge is 0.348 e. The Kier molecular flexibility index (Phi) is 2.64. The highest BCUT2D eigenvalue weighted by Gasteiger charge is 2.13.